The van der Waals surface area contributed by atoms with Crippen molar-refractivity contribution in [3.8, 4) is 5.75 Å². The maximum absolute atomic E-state index is 12.8. The number of rotatable bonds is 10. The summed E-state index contributed by atoms with van der Waals surface area (Å²) in [6.07, 6.45) is 0.551. The van der Waals surface area contributed by atoms with Gasteiger partial charge in [0.1, 0.15) is 24.4 Å². The van der Waals surface area contributed by atoms with Crippen molar-refractivity contribution in [2.24, 2.45) is 5.92 Å². The van der Waals surface area contributed by atoms with Gasteiger partial charge in [-0.05, 0) is 43.0 Å². The topological polar surface area (TPSA) is 114 Å². The second-order valence-corrected chi connectivity index (χ2v) is 8.26. The first kappa shape index (κ1) is 24.3. The first-order valence-corrected chi connectivity index (χ1v) is 11.0. The van der Waals surface area contributed by atoms with E-state index in [-0.39, 0.29) is 24.9 Å². The fourth-order valence-electron chi connectivity index (χ4n) is 3.52. The fraction of sp³-hybridized carbons (Fsp3) is 0.400. The molecule has 2 aromatic rings. The smallest absolute Gasteiger partial charge is 0.329 e. The van der Waals surface area contributed by atoms with E-state index in [0.717, 1.165) is 11.1 Å². The number of ether oxygens (including phenoxy) is 2. The molecule has 176 valence electrons. The number of benzene rings is 2. The van der Waals surface area contributed by atoms with Gasteiger partial charge in [-0.2, -0.15) is 0 Å². The van der Waals surface area contributed by atoms with E-state index in [2.05, 4.69) is 10.6 Å². The van der Waals surface area contributed by atoms with Gasteiger partial charge in [0.15, 0.2) is 0 Å². The molecule has 0 aliphatic heterocycles. The Labute approximate surface area is 193 Å². The minimum atomic E-state index is -0.931. The van der Waals surface area contributed by atoms with Gasteiger partial charge in [0.2, 0.25) is 11.8 Å². The summed E-state index contributed by atoms with van der Waals surface area (Å²) in [4.78, 5) is 37.8. The van der Waals surface area contributed by atoms with Crippen LogP contribution in [-0.2, 0) is 32.1 Å². The predicted molar refractivity (Wildman–Crippen MR) is 121 cm³/mol. The first-order valence-electron chi connectivity index (χ1n) is 11.0. The van der Waals surface area contributed by atoms with Crippen molar-refractivity contribution < 1.29 is 29.0 Å². The molecular formula is C25H30N2O6. The molecule has 1 aliphatic rings. The molecule has 0 heterocycles. The normalized spacial score (nSPS) is 18.9. The van der Waals surface area contributed by atoms with Gasteiger partial charge < -0.3 is 25.2 Å². The standard InChI is InChI=1S/C25H30N2O6/c1-16(26-24(30)19-13-20(28)14-19)23(29)27-22(12-17-8-10-21(32-2)11-9-17)25(31)33-15-18-6-4-3-5-7-18/h3-11,16,19-20,22,28H,12-15H2,1-2H3,(H,26,30)(H,27,29)/t16-,19-,20-,22+/m1/s1. The van der Waals surface area contributed by atoms with E-state index in [1.54, 1.807) is 26.2 Å². The largest absolute Gasteiger partial charge is 0.497 e. The number of amides is 2. The number of aliphatic hydroxyl groups is 1. The van der Waals surface area contributed by atoms with Gasteiger partial charge in [-0.3, -0.25) is 9.59 Å². The average Bonchev–Trinajstić information content (AvgIpc) is 2.81. The molecule has 3 rings (SSSR count). The van der Waals surface area contributed by atoms with Gasteiger partial charge in [0, 0.05) is 12.3 Å². The second-order valence-electron chi connectivity index (χ2n) is 8.26. The third kappa shape index (κ3) is 7.05. The number of carbonyl (C=O) groups is 3. The van der Waals surface area contributed by atoms with E-state index in [9.17, 15) is 19.5 Å². The van der Waals surface area contributed by atoms with Crippen molar-refractivity contribution >= 4 is 17.8 Å². The highest BCUT2D eigenvalue weighted by Gasteiger charge is 2.34. The van der Waals surface area contributed by atoms with Crippen LogP contribution in [0, 0.1) is 5.92 Å². The van der Waals surface area contributed by atoms with E-state index < -0.39 is 30.1 Å². The summed E-state index contributed by atoms with van der Waals surface area (Å²) < 4.78 is 10.6. The molecule has 1 aliphatic carbocycles. The Kier molecular flexibility index (Phi) is 8.43. The number of hydrogen-bond acceptors (Lipinski definition) is 6. The van der Waals surface area contributed by atoms with Gasteiger partial charge in [-0.25, -0.2) is 4.79 Å². The van der Waals surface area contributed by atoms with Crippen LogP contribution in [0.4, 0.5) is 0 Å². The molecule has 2 aromatic carbocycles. The summed E-state index contributed by atoms with van der Waals surface area (Å²) >= 11 is 0. The summed E-state index contributed by atoms with van der Waals surface area (Å²) in [6.45, 7) is 1.65. The second kappa shape index (κ2) is 11.5. The number of carbonyl (C=O) groups excluding carboxylic acids is 3. The summed E-state index contributed by atoms with van der Waals surface area (Å²) in [5.41, 5.74) is 1.65. The Bertz CT molecular complexity index is 941. The zero-order valence-electron chi connectivity index (χ0n) is 18.8. The summed E-state index contributed by atoms with van der Waals surface area (Å²) in [5, 5.41) is 14.7. The minimum absolute atomic E-state index is 0.0882. The van der Waals surface area contributed by atoms with Gasteiger partial charge >= 0.3 is 5.97 Å². The van der Waals surface area contributed by atoms with Crippen LogP contribution in [0.15, 0.2) is 54.6 Å². The summed E-state index contributed by atoms with van der Waals surface area (Å²) in [7, 11) is 1.57. The number of aliphatic hydroxyl groups excluding tert-OH is 1. The monoisotopic (exact) mass is 454 g/mol. The zero-order valence-corrected chi connectivity index (χ0v) is 18.8. The van der Waals surface area contributed by atoms with Gasteiger partial charge in [0.25, 0.3) is 0 Å². The summed E-state index contributed by atoms with van der Waals surface area (Å²) in [6, 6.07) is 14.7. The average molecular weight is 455 g/mol. The van der Waals surface area contributed by atoms with Gasteiger partial charge in [0.05, 0.1) is 13.2 Å². The predicted octanol–water partition coefficient (Wildman–Crippen LogP) is 1.74. The molecule has 0 unspecified atom stereocenters. The molecule has 2 atom stereocenters. The zero-order chi connectivity index (χ0) is 23.8. The van der Waals surface area contributed by atoms with Crippen LogP contribution >= 0.6 is 0 Å². The van der Waals surface area contributed by atoms with Gasteiger partial charge in [-0.1, -0.05) is 42.5 Å². The molecule has 1 fully saturated rings. The third-order valence-electron chi connectivity index (χ3n) is 5.66. The molecule has 0 spiro atoms. The Balaban J connectivity index is 1.63. The Morgan fingerprint density at radius 3 is 2.27 bits per heavy atom. The maximum Gasteiger partial charge on any atom is 0.329 e. The lowest BCUT2D eigenvalue weighted by Gasteiger charge is -2.31. The minimum Gasteiger partial charge on any atom is -0.497 e. The van der Waals surface area contributed by atoms with E-state index >= 15 is 0 Å². The van der Waals surface area contributed by atoms with Crippen LogP contribution in [0.5, 0.6) is 5.75 Å². The molecule has 0 saturated heterocycles. The lowest BCUT2D eigenvalue weighted by molar-refractivity contribution is -0.149. The van der Waals surface area contributed by atoms with E-state index in [1.807, 2.05) is 42.5 Å². The Morgan fingerprint density at radius 2 is 1.67 bits per heavy atom. The van der Waals surface area contributed by atoms with Crippen molar-refractivity contribution in [2.75, 3.05) is 7.11 Å². The highest BCUT2D eigenvalue weighted by atomic mass is 16.5. The number of nitrogens with one attached hydrogen (secondary N) is 2. The third-order valence-corrected chi connectivity index (χ3v) is 5.66. The molecular weight excluding hydrogens is 424 g/mol. The Hall–Kier alpha value is -3.39. The molecule has 0 bridgehead atoms. The molecule has 8 nitrogen and oxygen atoms in total. The molecule has 3 N–H and O–H groups in total. The quantitative estimate of drug-likeness (QED) is 0.471. The van der Waals surface area contributed by atoms with E-state index in [1.165, 1.54) is 0 Å². The van der Waals surface area contributed by atoms with Gasteiger partial charge in [-0.15, -0.1) is 0 Å². The number of esters is 1. The SMILES string of the molecule is COc1ccc(C[C@H](NC(=O)[C@@H](C)NC(=O)[C@H]2C[C@H](O)C2)C(=O)OCc2ccccc2)cc1. The molecule has 0 radical (unpaired) electrons. The molecule has 2 amide bonds. The maximum atomic E-state index is 12.8. The van der Waals surface area contributed by atoms with Crippen molar-refractivity contribution in [3.63, 3.8) is 0 Å². The fourth-order valence-corrected chi connectivity index (χ4v) is 3.52. The molecule has 33 heavy (non-hydrogen) atoms. The lowest BCUT2D eigenvalue weighted by Crippen LogP contribution is -2.53. The van der Waals surface area contributed by atoms with Crippen molar-refractivity contribution in [1.82, 2.24) is 10.6 Å². The van der Waals surface area contributed by atoms with Crippen LogP contribution in [-0.4, -0.2) is 48.2 Å². The van der Waals surface area contributed by atoms with E-state index in [4.69, 9.17) is 9.47 Å². The van der Waals surface area contributed by atoms with Crippen LogP contribution < -0.4 is 15.4 Å². The van der Waals surface area contributed by atoms with Crippen molar-refractivity contribution in [3.05, 3.63) is 65.7 Å². The molecule has 8 heteroatoms. The van der Waals surface area contributed by atoms with Crippen molar-refractivity contribution in [2.45, 2.75) is 51.0 Å². The van der Waals surface area contributed by atoms with Crippen LogP contribution in [0.2, 0.25) is 0 Å². The highest BCUT2D eigenvalue weighted by molar-refractivity contribution is 5.91. The van der Waals surface area contributed by atoms with E-state index in [0.29, 0.717) is 18.6 Å². The number of hydrogen-bond donors (Lipinski definition) is 3. The first-order chi connectivity index (χ1) is 15.9. The highest BCUT2D eigenvalue weighted by Crippen LogP contribution is 2.27. The van der Waals surface area contributed by atoms with Crippen LogP contribution in [0.1, 0.15) is 30.9 Å². The number of methoxy groups -OCH3 is 1. The Morgan fingerprint density at radius 1 is 1.00 bits per heavy atom. The molecule has 0 aromatic heterocycles. The van der Waals surface area contributed by atoms with Crippen LogP contribution in [0.25, 0.3) is 0 Å². The van der Waals surface area contributed by atoms with Crippen LogP contribution in [0.3, 0.4) is 0 Å². The lowest BCUT2D eigenvalue weighted by atomic mass is 9.82. The summed E-state index contributed by atoms with van der Waals surface area (Å²) in [5.74, 6) is -0.937. The van der Waals surface area contributed by atoms with Crippen molar-refractivity contribution in [1.29, 1.82) is 0 Å². The molecule has 1 saturated carbocycles.